The van der Waals surface area contributed by atoms with Crippen LogP contribution in [0.2, 0.25) is 0 Å². The van der Waals surface area contributed by atoms with E-state index in [0.29, 0.717) is 17.8 Å². The molecule has 0 aliphatic carbocycles. The number of hydrogen-bond acceptors (Lipinski definition) is 3. The van der Waals surface area contributed by atoms with Crippen molar-refractivity contribution in [2.45, 2.75) is 19.1 Å². The molecule has 1 amide bonds. The van der Waals surface area contributed by atoms with E-state index in [1.807, 2.05) is 19.9 Å². The van der Waals surface area contributed by atoms with Gasteiger partial charge in [0.2, 0.25) is 0 Å². The van der Waals surface area contributed by atoms with E-state index in [4.69, 9.17) is 5.73 Å². The average molecular weight is 254 g/mol. The Labute approximate surface area is 104 Å². The molecule has 4 nitrogen and oxygen atoms in total. The molecule has 2 unspecified atom stereocenters. The summed E-state index contributed by atoms with van der Waals surface area (Å²) in [7, 11) is -0.939. The second kappa shape index (κ2) is 5.82. The smallest absolute Gasteiger partial charge is 0.253 e. The zero-order chi connectivity index (χ0) is 13.0. The highest BCUT2D eigenvalue weighted by Crippen LogP contribution is 2.13. The number of amides is 1. The van der Waals surface area contributed by atoms with Crippen LogP contribution in [0.4, 0.5) is 5.69 Å². The minimum absolute atomic E-state index is 0.0648. The second-order valence-corrected chi connectivity index (χ2v) is 5.91. The van der Waals surface area contributed by atoms with Crippen LogP contribution in [-0.4, -0.2) is 28.2 Å². The van der Waals surface area contributed by atoms with Gasteiger partial charge in [-0.15, -0.1) is 0 Å². The quantitative estimate of drug-likeness (QED) is 0.790. The Bertz CT molecular complexity index is 446. The van der Waals surface area contributed by atoms with E-state index >= 15 is 0 Å². The number of nitrogens with two attached hydrogens (primary N) is 1. The number of aryl methyl sites for hydroxylation is 1. The molecule has 94 valence electrons. The van der Waals surface area contributed by atoms with E-state index < -0.39 is 10.8 Å². The van der Waals surface area contributed by atoms with E-state index in [0.717, 1.165) is 5.56 Å². The average Bonchev–Trinajstić information content (AvgIpc) is 2.28. The molecule has 5 heteroatoms. The van der Waals surface area contributed by atoms with E-state index in [1.54, 1.807) is 18.4 Å². The van der Waals surface area contributed by atoms with Gasteiger partial charge in [0.15, 0.2) is 0 Å². The van der Waals surface area contributed by atoms with Crippen molar-refractivity contribution in [1.29, 1.82) is 0 Å². The molecule has 0 aliphatic rings. The number of nitrogen functional groups attached to an aromatic ring is 1. The van der Waals surface area contributed by atoms with E-state index in [2.05, 4.69) is 5.32 Å². The number of rotatable bonds is 4. The lowest BCUT2D eigenvalue weighted by molar-refractivity contribution is 0.0955. The number of carbonyl (C=O) groups is 1. The van der Waals surface area contributed by atoms with Crippen LogP contribution < -0.4 is 11.1 Å². The van der Waals surface area contributed by atoms with Gasteiger partial charge in [-0.1, -0.05) is 11.6 Å². The van der Waals surface area contributed by atoms with Crippen LogP contribution in [0, 0.1) is 6.92 Å². The summed E-state index contributed by atoms with van der Waals surface area (Å²) >= 11 is 0. The van der Waals surface area contributed by atoms with Crippen molar-refractivity contribution in [3.8, 4) is 0 Å². The van der Waals surface area contributed by atoms with Gasteiger partial charge in [-0.3, -0.25) is 9.00 Å². The van der Waals surface area contributed by atoms with Gasteiger partial charge >= 0.3 is 0 Å². The fourth-order valence-electron chi connectivity index (χ4n) is 1.32. The number of anilines is 1. The molecule has 2 atom stereocenters. The minimum Gasteiger partial charge on any atom is -0.398 e. The summed E-state index contributed by atoms with van der Waals surface area (Å²) in [6.45, 7) is 4.12. The first-order chi connectivity index (χ1) is 7.91. The summed E-state index contributed by atoms with van der Waals surface area (Å²) in [4.78, 5) is 11.9. The number of hydrogen-bond donors (Lipinski definition) is 2. The summed E-state index contributed by atoms with van der Waals surface area (Å²) in [5, 5.41) is 2.67. The molecule has 0 heterocycles. The van der Waals surface area contributed by atoms with E-state index in [1.165, 1.54) is 0 Å². The van der Waals surface area contributed by atoms with Gasteiger partial charge in [-0.25, -0.2) is 0 Å². The standard InChI is InChI=1S/C12H18N2O2S/c1-8-4-5-11(13)10(6-8)12(15)14-7-9(2)17(3)16/h4-6,9H,7,13H2,1-3H3,(H,14,15). The molecule has 0 aliphatic heterocycles. The van der Waals surface area contributed by atoms with Gasteiger partial charge < -0.3 is 11.1 Å². The van der Waals surface area contributed by atoms with Crippen molar-refractivity contribution < 1.29 is 9.00 Å². The lowest BCUT2D eigenvalue weighted by atomic mass is 10.1. The third-order valence-corrected chi connectivity index (χ3v) is 3.87. The lowest BCUT2D eigenvalue weighted by Crippen LogP contribution is -2.33. The zero-order valence-corrected chi connectivity index (χ0v) is 11.1. The van der Waals surface area contributed by atoms with Crippen LogP contribution in [0.25, 0.3) is 0 Å². The minimum atomic E-state index is -0.939. The van der Waals surface area contributed by atoms with Gasteiger partial charge in [-0.2, -0.15) is 0 Å². The molecule has 0 fully saturated rings. The Morgan fingerprint density at radius 1 is 1.53 bits per heavy atom. The van der Waals surface area contributed by atoms with Crippen molar-refractivity contribution in [3.63, 3.8) is 0 Å². The summed E-state index contributed by atoms with van der Waals surface area (Å²) in [5.74, 6) is -0.219. The van der Waals surface area contributed by atoms with Gasteiger partial charge in [0.05, 0.1) is 5.56 Å². The van der Waals surface area contributed by atoms with Crippen LogP contribution in [-0.2, 0) is 10.8 Å². The SMILES string of the molecule is Cc1ccc(N)c(C(=O)NCC(C)S(C)=O)c1. The van der Waals surface area contributed by atoms with Crippen LogP contribution in [0.5, 0.6) is 0 Å². The fraction of sp³-hybridized carbons (Fsp3) is 0.417. The van der Waals surface area contributed by atoms with Gasteiger partial charge in [0.1, 0.15) is 0 Å². The van der Waals surface area contributed by atoms with Crippen molar-refractivity contribution in [2.24, 2.45) is 0 Å². The first kappa shape index (κ1) is 13.7. The first-order valence-corrected chi connectivity index (χ1v) is 7.00. The Hall–Kier alpha value is -1.36. The van der Waals surface area contributed by atoms with Crippen LogP contribution >= 0.6 is 0 Å². The van der Waals surface area contributed by atoms with Crippen LogP contribution in [0.1, 0.15) is 22.8 Å². The van der Waals surface area contributed by atoms with Crippen LogP contribution in [0.3, 0.4) is 0 Å². The zero-order valence-electron chi connectivity index (χ0n) is 10.3. The first-order valence-electron chi connectivity index (χ1n) is 5.38. The van der Waals surface area contributed by atoms with E-state index in [9.17, 15) is 9.00 Å². The number of nitrogens with one attached hydrogen (secondary N) is 1. The predicted molar refractivity (Wildman–Crippen MR) is 71.5 cm³/mol. The van der Waals surface area contributed by atoms with Crippen molar-refractivity contribution >= 4 is 22.4 Å². The molecular formula is C12H18N2O2S. The highest BCUT2D eigenvalue weighted by molar-refractivity contribution is 7.84. The van der Waals surface area contributed by atoms with Crippen molar-refractivity contribution in [3.05, 3.63) is 29.3 Å². The van der Waals surface area contributed by atoms with Gasteiger partial charge in [0.25, 0.3) is 5.91 Å². The Kier molecular flexibility index (Phi) is 4.69. The Morgan fingerprint density at radius 3 is 2.76 bits per heavy atom. The molecule has 0 saturated carbocycles. The summed E-state index contributed by atoms with van der Waals surface area (Å²) in [5.41, 5.74) is 7.65. The third-order valence-electron chi connectivity index (χ3n) is 2.57. The molecule has 0 aromatic heterocycles. The molecule has 0 bridgehead atoms. The monoisotopic (exact) mass is 254 g/mol. The van der Waals surface area contributed by atoms with Gasteiger partial charge in [0, 0.05) is 34.5 Å². The molecular weight excluding hydrogens is 236 g/mol. The maximum absolute atomic E-state index is 11.9. The van der Waals surface area contributed by atoms with E-state index in [-0.39, 0.29) is 11.2 Å². The highest BCUT2D eigenvalue weighted by atomic mass is 32.2. The van der Waals surface area contributed by atoms with Crippen molar-refractivity contribution in [1.82, 2.24) is 5.32 Å². The summed E-state index contributed by atoms with van der Waals surface area (Å²) in [6.07, 6.45) is 1.62. The predicted octanol–water partition coefficient (Wildman–Crippen LogP) is 1.07. The lowest BCUT2D eigenvalue weighted by Gasteiger charge is -2.11. The number of carbonyl (C=O) groups excluding carboxylic acids is 1. The maximum Gasteiger partial charge on any atom is 0.253 e. The highest BCUT2D eigenvalue weighted by Gasteiger charge is 2.12. The normalized spacial score (nSPS) is 14.1. The largest absolute Gasteiger partial charge is 0.398 e. The Balaban J connectivity index is 2.70. The van der Waals surface area contributed by atoms with Gasteiger partial charge in [-0.05, 0) is 26.0 Å². The molecule has 0 saturated heterocycles. The molecule has 1 aromatic rings. The summed E-state index contributed by atoms with van der Waals surface area (Å²) < 4.78 is 11.1. The molecule has 3 N–H and O–H groups in total. The molecule has 17 heavy (non-hydrogen) atoms. The molecule has 1 rings (SSSR count). The molecule has 0 radical (unpaired) electrons. The maximum atomic E-state index is 11.9. The second-order valence-electron chi connectivity index (χ2n) is 4.11. The topological polar surface area (TPSA) is 72.2 Å². The fourth-order valence-corrected chi connectivity index (χ4v) is 1.63. The van der Waals surface area contributed by atoms with Crippen LogP contribution in [0.15, 0.2) is 18.2 Å². The van der Waals surface area contributed by atoms with Crippen molar-refractivity contribution in [2.75, 3.05) is 18.5 Å². The molecule has 1 aromatic carbocycles. The Morgan fingerprint density at radius 2 is 2.18 bits per heavy atom. The summed E-state index contributed by atoms with van der Waals surface area (Å²) in [6, 6.07) is 5.32. The third kappa shape index (κ3) is 3.85. The number of benzene rings is 1. The molecule has 0 spiro atoms.